The van der Waals surface area contributed by atoms with Crippen molar-refractivity contribution in [3.05, 3.63) is 0 Å². The molecule has 1 aliphatic heterocycles. The van der Waals surface area contributed by atoms with Crippen LogP contribution in [0, 0.1) is 5.92 Å². The molecule has 0 aliphatic carbocycles. The maximum absolute atomic E-state index is 12.2. The van der Waals surface area contributed by atoms with E-state index in [1.54, 1.807) is 0 Å². The molecule has 18 heavy (non-hydrogen) atoms. The van der Waals surface area contributed by atoms with E-state index < -0.39 is 17.9 Å². The Labute approximate surface area is 110 Å². The quantitative estimate of drug-likeness (QED) is 0.727. The molecule has 7 heteroatoms. The van der Waals surface area contributed by atoms with Gasteiger partial charge in [-0.3, -0.25) is 9.59 Å². The van der Waals surface area contributed by atoms with Crippen LogP contribution in [0.4, 0.5) is 0 Å². The van der Waals surface area contributed by atoms with E-state index in [0.717, 1.165) is 11.8 Å². The van der Waals surface area contributed by atoms with Gasteiger partial charge in [0.05, 0.1) is 5.92 Å². The van der Waals surface area contributed by atoms with Gasteiger partial charge in [-0.05, 0) is 12.8 Å². The second-order valence-corrected chi connectivity index (χ2v) is 5.46. The van der Waals surface area contributed by atoms with Crippen LogP contribution >= 0.6 is 11.8 Å². The first kappa shape index (κ1) is 15.0. The number of hydrogen-bond donors (Lipinski definition) is 2. The van der Waals surface area contributed by atoms with Crippen LogP contribution in [0.25, 0.3) is 0 Å². The average molecular weight is 274 g/mol. The molecule has 6 nitrogen and oxygen atoms in total. The van der Waals surface area contributed by atoms with Crippen LogP contribution in [0.5, 0.6) is 0 Å². The van der Waals surface area contributed by atoms with Crippen LogP contribution in [-0.2, 0) is 14.4 Å². The van der Waals surface area contributed by atoms with Gasteiger partial charge < -0.3 is 15.7 Å². The van der Waals surface area contributed by atoms with Gasteiger partial charge in [-0.25, -0.2) is 4.79 Å². The van der Waals surface area contributed by atoms with E-state index in [9.17, 15) is 14.4 Å². The third-order valence-corrected chi connectivity index (χ3v) is 3.92. The summed E-state index contributed by atoms with van der Waals surface area (Å²) in [6.45, 7) is 2.01. The maximum Gasteiger partial charge on any atom is 0.326 e. The number of carbonyl (C=O) groups is 3. The largest absolute Gasteiger partial charge is 0.480 e. The van der Waals surface area contributed by atoms with Crippen molar-refractivity contribution in [1.82, 2.24) is 4.90 Å². The molecule has 102 valence electrons. The summed E-state index contributed by atoms with van der Waals surface area (Å²) < 4.78 is 0. The second kappa shape index (κ2) is 6.75. The Morgan fingerprint density at radius 1 is 1.50 bits per heavy atom. The molecule has 0 saturated carbocycles. The molecule has 1 saturated heterocycles. The van der Waals surface area contributed by atoms with E-state index in [1.807, 2.05) is 0 Å². The molecular weight excluding hydrogens is 256 g/mol. The standard InChI is InChI=1S/C11H18N2O4S/c1-7(14)18-6-8(5-12)10(15)13-4-2-3-9(13)11(16)17/h8-9H,2-6,12H2,1H3,(H,16,17)/t8?,9-/m0/s1. The highest BCUT2D eigenvalue weighted by molar-refractivity contribution is 8.13. The Balaban J connectivity index is 2.65. The molecule has 1 fully saturated rings. The predicted octanol–water partition coefficient (Wildman–Crippen LogP) is -0.0834. The van der Waals surface area contributed by atoms with Gasteiger partial charge in [0.25, 0.3) is 0 Å². The molecule has 0 radical (unpaired) electrons. The molecule has 0 bridgehead atoms. The first-order valence-electron chi connectivity index (χ1n) is 5.84. The zero-order chi connectivity index (χ0) is 13.7. The van der Waals surface area contributed by atoms with Crippen molar-refractivity contribution >= 4 is 28.8 Å². The van der Waals surface area contributed by atoms with Crippen molar-refractivity contribution in [3.8, 4) is 0 Å². The highest BCUT2D eigenvalue weighted by atomic mass is 32.2. The van der Waals surface area contributed by atoms with Crippen LogP contribution in [0.15, 0.2) is 0 Å². The van der Waals surface area contributed by atoms with Gasteiger partial charge >= 0.3 is 5.97 Å². The normalized spacial score (nSPS) is 20.8. The Kier molecular flexibility index (Phi) is 5.61. The highest BCUT2D eigenvalue weighted by Crippen LogP contribution is 2.21. The molecule has 1 heterocycles. The fourth-order valence-corrected chi connectivity index (χ4v) is 2.69. The lowest BCUT2D eigenvalue weighted by molar-refractivity contribution is -0.149. The summed E-state index contributed by atoms with van der Waals surface area (Å²) in [5, 5.41) is 8.95. The van der Waals surface area contributed by atoms with E-state index in [-0.39, 0.29) is 17.6 Å². The molecule has 1 unspecified atom stereocenters. The van der Waals surface area contributed by atoms with Crippen LogP contribution in [-0.4, -0.2) is 51.9 Å². The number of thioether (sulfide) groups is 1. The summed E-state index contributed by atoms with van der Waals surface area (Å²) >= 11 is 1.05. The van der Waals surface area contributed by atoms with E-state index in [4.69, 9.17) is 10.8 Å². The lowest BCUT2D eigenvalue weighted by atomic mass is 10.1. The summed E-state index contributed by atoms with van der Waals surface area (Å²) in [5.41, 5.74) is 5.53. The van der Waals surface area contributed by atoms with Gasteiger partial charge in [0.2, 0.25) is 5.91 Å². The third kappa shape index (κ3) is 3.71. The fourth-order valence-electron chi connectivity index (χ4n) is 1.98. The fraction of sp³-hybridized carbons (Fsp3) is 0.727. The van der Waals surface area contributed by atoms with Gasteiger partial charge in [0, 0.05) is 25.8 Å². The molecule has 0 aromatic heterocycles. The Morgan fingerprint density at radius 3 is 2.67 bits per heavy atom. The van der Waals surface area contributed by atoms with Crippen molar-refractivity contribution in [2.45, 2.75) is 25.8 Å². The number of hydrogen-bond acceptors (Lipinski definition) is 5. The molecule has 1 aliphatic rings. The van der Waals surface area contributed by atoms with E-state index in [0.29, 0.717) is 25.1 Å². The molecular formula is C11H18N2O4S. The number of carboxylic acids is 1. The van der Waals surface area contributed by atoms with Gasteiger partial charge in [-0.1, -0.05) is 11.8 Å². The van der Waals surface area contributed by atoms with Crippen LogP contribution in [0.2, 0.25) is 0 Å². The van der Waals surface area contributed by atoms with Crippen molar-refractivity contribution in [2.24, 2.45) is 11.7 Å². The number of aliphatic carboxylic acids is 1. The number of amides is 1. The molecule has 3 N–H and O–H groups in total. The number of likely N-dealkylation sites (tertiary alicyclic amines) is 1. The number of rotatable bonds is 5. The summed E-state index contributed by atoms with van der Waals surface area (Å²) in [7, 11) is 0. The zero-order valence-corrected chi connectivity index (χ0v) is 11.1. The Bertz CT molecular complexity index is 348. The van der Waals surface area contributed by atoms with Gasteiger partial charge in [-0.15, -0.1) is 0 Å². The van der Waals surface area contributed by atoms with Crippen LogP contribution in [0.3, 0.4) is 0 Å². The smallest absolute Gasteiger partial charge is 0.326 e. The van der Waals surface area contributed by atoms with Crippen LogP contribution < -0.4 is 5.73 Å². The summed E-state index contributed by atoms with van der Waals surface area (Å²) in [6, 6.07) is -0.742. The lowest BCUT2D eigenvalue weighted by Gasteiger charge is -2.25. The van der Waals surface area contributed by atoms with Crippen molar-refractivity contribution in [1.29, 1.82) is 0 Å². The predicted molar refractivity (Wildman–Crippen MR) is 68.1 cm³/mol. The van der Waals surface area contributed by atoms with Gasteiger partial charge in [0.15, 0.2) is 5.12 Å². The minimum atomic E-state index is -0.976. The van der Waals surface area contributed by atoms with Crippen molar-refractivity contribution < 1.29 is 19.5 Å². The second-order valence-electron chi connectivity index (χ2n) is 4.26. The summed E-state index contributed by atoms with van der Waals surface area (Å²) in [5.74, 6) is -1.40. The SMILES string of the molecule is CC(=O)SCC(CN)C(=O)N1CCC[C@H]1C(=O)O. The Morgan fingerprint density at radius 2 is 2.17 bits per heavy atom. The first-order valence-corrected chi connectivity index (χ1v) is 6.82. The first-order chi connectivity index (χ1) is 8.47. The van der Waals surface area contributed by atoms with Crippen molar-refractivity contribution in [2.75, 3.05) is 18.8 Å². The highest BCUT2D eigenvalue weighted by Gasteiger charge is 2.36. The molecule has 2 atom stereocenters. The van der Waals surface area contributed by atoms with Gasteiger partial charge in [-0.2, -0.15) is 0 Å². The Hall–Kier alpha value is -1.08. The topological polar surface area (TPSA) is 101 Å². The van der Waals surface area contributed by atoms with Gasteiger partial charge in [0.1, 0.15) is 6.04 Å². The minimum Gasteiger partial charge on any atom is -0.480 e. The molecule has 0 aromatic carbocycles. The monoisotopic (exact) mass is 274 g/mol. The third-order valence-electron chi connectivity index (χ3n) is 2.94. The number of nitrogens with zero attached hydrogens (tertiary/aromatic N) is 1. The minimum absolute atomic E-state index is 0.0718. The maximum atomic E-state index is 12.2. The van der Waals surface area contributed by atoms with E-state index in [1.165, 1.54) is 11.8 Å². The zero-order valence-electron chi connectivity index (χ0n) is 10.3. The number of carbonyl (C=O) groups excluding carboxylic acids is 2. The average Bonchev–Trinajstić information content (AvgIpc) is 2.77. The molecule has 1 rings (SSSR count). The van der Waals surface area contributed by atoms with E-state index in [2.05, 4.69) is 0 Å². The molecule has 1 amide bonds. The van der Waals surface area contributed by atoms with Crippen molar-refractivity contribution in [3.63, 3.8) is 0 Å². The molecule has 0 aromatic rings. The summed E-state index contributed by atoms with van der Waals surface area (Å²) in [6.07, 6.45) is 1.18. The summed E-state index contributed by atoms with van der Waals surface area (Å²) in [4.78, 5) is 35.4. The van der Waals surface area contributed by atoms with Crippen LogP contribution in [0.1, 0.15) is 19.8 Å². The lowest BCUT2D eigenvalue weighted by Crippen LogP contribution is -2.45. The number of carboxylic acid groups (broad SMARTS) is 1. The molecule has 0 spiro atoms. The van der Waals surface area contributed by atoms with E-state index >= 15 is 0 Å². The number of nitrogens with two attached hydrogens (primary N) is 1.